The molecule has 0 radical (unpaired) electrons. The standard InChI is InChI=1S/C32H52N8O3/c1-40(2)31(43)26(14-9-19-37-32(35)36)38-30(42)27(23-12-7-4-8-13-23)39-29(41)25(22-10-5-3-6-11-22)20-21-15-17-24(18-16-21)28(33)34/h15-18,22-23,25-27H,3-14,19-20H2,1-2H3,(H3,33,34)(H,38,42)(H,39,41)(H4,35,36,37)/t25?,26?,27-/m0/s1. The number of nitrogens with one attached hydrogen (secondary N) is 3. The van der Waals surface area contributed by atoms with E-state index in [9.17, 15) is 14.4 Å². The van der Waals surface area contributed by atoms with Crippen molar-refractivity contribution >= 4 is 29.5 Å². The molecule has 3 atom stereocenters. The van der Waals surface area contributed by atoms with Gasteiger partial charge in [0.25, 0.3) is 0 Å². The predicted molar refractivity (Wildman–Crippen MR) is 170 cm³/mol. The number of carbonyl (C=O) groups is 3. The van der Waals surface area contributed by atoms with Crippen LogP contribution in [-0.4, -0.2) is 67.1 Å². The summed E-state index contributed by atoms with van der Waals surface area (Å²) in [6, 6.07) is 6.06. The lowest BCUT2D eigenvalue weighted by Gasteiger charge is -2.35. The van der Waals surface area contributed by atoms with E-state index >= 15 is 0 Å². The first-order valence-corrected chi connectivity index (χ1v) is 15.9. The highest BCUT2D eigenvalue weighted by Gasteiger charge is 2.37. The number of nitrogens with two attached hydrogens (primary N) is 3. The Balaban J connectivity index is 1.81. The number of likely N-dealkylation sites (N-methyl/N-ethyl adjacent to an activating group) is 1. The van der Waals surface area contributed by atoms with Crippen LogP contribution in [0.1, 0.15) is 88.2 Å². The van der Waals surface area contributed by atoms with Crippen molar-refractivity contribution in [1.29, 1.82) is 5.41 Å². The molecule has 0 spiro atoms. The Morgan fingerprint density at radius 3 is 2.00 bits per heavy atom. The summed E-state index contributed by atoms with van der Waals surface area (Å²) in [4.78, 5) is 46.5. The monoisotopic (exact) mass is 596 g/mol. The van der Waals surface area contributed by atoms with E-state index < -0.39 is 12.1 Å². The molecule has 1 aromatic carbocycles. The lowest BCUT2D eigenvalue weighted by molar-refractivity contribution is -0.137. The molecule has 0 saturated heterocycles. The third-order valence-electron chi connectivity index (χ3n) is 8.98. The molecule has 2 fully saturated rings. The molecular formula is C32H52N8O3. The molecule has 2 aliphatic rings. The van der Waals surface area contributed by atoms with Gasteiger partial charge in [0.1, 0.15) is 17.9 Å². The van der Waals surface area contributed by atoms with E-state index in [1.165, 1.54) is 11.3 Å². The minimum absolute atomic E-state index is 0.0105. The molecule has 3 amide bonds. The quantitative estimate of drug-likeness (QED) is 0.108. The van der Waals surface area contributed by atoms with Gasteiger partial charge in [-0.15, -0.1) is 0 Å². The third-order valence-corrected chi connectivity index (χ3v) is 8.98. The Labute approximate surface area is 256 Å². The van der Waals surface area contributed by atoms with E-state index in [2.05, 4.69) is 15.6 Å². The molecule has 3 rings (SSSR count). The second-order valence-corrected chi connectivity index (χ2v) is 12.4. The molecule has 9 N–H and O–H groups in total. The largest absolute Gasteiger partial charge is 0.384 e. The van der Waals surface area contributed by atoms with E-state index in [4.69, 9.17) is 22.6 Å². The topological polar surface area (TPSA) is 193 Å². The van der Waals surface area contributed by atoms with Crippen molar-refractivity contribution in [2.45, 2.75) is 95.6 Å². The maximum absolute atomic E-state index is 14.1. The summed E-state index contributed by atoms with van der Waals surface area (Å²) in [6.07, 6.45) is 11.7. The fraction of sp³-hybridized carbons (Fsp3) is 0.656. The number of carbonyl (C=O) groups excluding carboxylic acids is 3. The van der Waals surface area contributed by atoms with E-state index in [1.807, 2.05) is 24.3 Å². The van der Waals surface area contributed by atoms with Crippen LogP contribution < -0.4 is 27.8 Å². The van der Waals surface area contributed by atoms with Crippen molar-refractivity contribution in [1.82, 2.24) is 15.5 Å². The molecular weight excluding hydrogens is 544 g/mol. The van der Waals surface area contributed by atoms with Gasteiger partial charge in [-0.2, -0.15) is 0 Å². The highest BCUT2D eigenvalue weighted by Crippen LogP contribution is 2.33. The number of amides is 3. The summed E-state index contributed by atoms with van der Waals surface area (Å²) in [7, 11) is 3.32. The second kappa shape index (κ2) is 16.9. The molecule has 2 saturated carbocycles. The van der Waals surface area contributed by atoms with Gasteiger partial charge in [-0.25, -0.2) is 0 Å². The van der Waals surface area contributed by atoms with Crippen LogP contribution in [0.15, 0.2) is 29.3 Å². The second-order valence-electron chi connectivity index (χ2n) is 12.4. The Kier molecular flexibility index (Phi) is 13.3. The number of guanidine groups is 1. The van der Waals surface area contributed by atoms with Crippen LogP contribution in [0.25, 0.3) is 0 Å². The summed E-state index contributed by atoms with van der Waals surface area (Å²) >= 11 is 0. The maximum atomic E-state index is 14.1. The van der Waals surface area contributed by atoms with Crippen molar-refractivity contribution < 1.29 is 14.4 Å². The van der Waals surface area contributed by atoms with Crippen LogP contribution in [0, 0.1) is 23.2 Å². The highest BCUT2D eigenvalue weighted by atomic mass is 16.2. The highest BCUT2D eigenvalue weighted by molar-refractivity contribution is 5.95. The Bertz CT molecular complexity index is 1100. The van der Waals surface area contributed by atoms with Crippen LogP contribution in [0.3, 0.4) is 0 Å². The van der Waals surface area contributed by atoms with Gasteiger partial charge in [0.05, 0.1) is 0 Å². The van der Waals surface area contributed by atoms with E-state index in [0.29, 0.717) is 31.4 Å². The van der Waals surface area contributed by atoms with Gasteiger partial charge in [0.15, 0.2) is 5.96 Å². The molecule has 1 aromatic rings. The van der Waals surface area contributed by atoms with Crippen LogP contribution >= 0.6 is 0 Å². The number of rotatable bonds is 14. The van der Waals surface area contributed by atoms with Crippen LogP contribution in [-0.2, 0) is 20.8 Å². The van der Waals surface area contributed by atoms with Crippen molar-refractivity contribution in [3.63, 3.8) is 0 Å². The average molecular weight is 597 g/mol. The Morgan fingerprint density at radius 1 is 0.884 bits per heavy atom. The molecule has 11 nitrogen and oxygen atoms in total. The van der Waals surface area contributed by atoms with Gasteiger partial charge < -0.3 is 32.7 Å². The van der Waals surface area contributed by atoms with Crippen molar-refractivity contribution in [3.8, 4) is 0 Å². The van der Waals surface area contributed by atoms with E-state index in [0.717, 1.165) is 63.4 Å². The molecule has 2 aliphatic carbocycles. The Hall–Kier alpha value is -3.63. The first-order chi connectivity index (χ1) is 20.6. The number of benzene rings is 1. The minimum atomic E-state index is -0.742. The van der Waals surface area contributed by atoms with E-state index in [1.54, 1.807) is 14.1 Å². The fourth-order valence-electron chi connectivity index (χ4n) is 6.54. The van der Waals surface area contributed by atoms with Crippen molar-refractivity contribution in [2.24, 2.45) is 39.9 Å². The normalized spacial score (nSPS) is 18.1. The lowest BCUT2D eigenvalue weighted by atomic mass is 9.76. The third kappa shape index (κ3) is 10.5. The molecule has 0 aliphatic heterocycles. The van der Waals surface area contributed by atoms with Crippen LogP contribution in [0.5, 0.6) is 0 Å². The Morgan fingerprint density at radius 2 is 1.47 bits per heavy atom. The fourth-order valence-corrected chi connectivity index (χ4v) is 6.54. The number of hydrogen-bond donors (Lipinski definition) is 6. The van der Waals surface area contributed by atoms with Crippen LogP contribution in [0.2, 0.25) is 0 Å². The smallest absolute Gasteiger partial charge is 0.244 e. The zero-order valence-electron chi connectivity index (χ0n) is 25.9. The van der Waals surface area contributed by atoms with Gasteiger partial charge in [-0.1, -0.05) is 62.8 Å². The maximum Gasteiger partial charge on any atom is 0.244 e. The van der Waals surface area contributed by atoms with Gasteiger partial charge in [-0.3, -0.25) is 24.8 Å². The summed E-state index contributed by atoms with van der Waals surface area (Å²) in [6.45, 7) is 0.356. The molecule has 0 bridgehead atoms. The van der Waals surface area contributed by atoms with Gasteiger partial charge in [0, 0.05) is 32.1 Å². The van der Waals surface area contributed by atoms with Gasteiger partial charge in [-0.05, 0) is 62.3 Å². The van der Waals surface area contributed by atoms with Gasteiger partial charge in [0.2, 0.25) is 17.7 Å². The minimum Gasteiger partial charge on any atom is -0.384 e. The van der Waals surface area contributed by atoms with E-state index in [-0.39, 0.29) is 47.3 Å². The van der Waals surface area contributed by atoms with Gasteiger partial charge >= 0.3 is 0 Å². The lowest BCUT2D eigenvalue weighted by Crippen LogP contribution is -2.57. The molecule has 11 heteroatoms. The molecule has 43 heavy (non-hydrogen) atoms. The number of amidine groups is 1. The average Bonchev–Trinajstić information content (AvgIpc) is 3.00. The number of nitrogen functional groups attached to an aromatic ring is 1. The summed E-state index contributed by atoms with van der Waals surface area (Å²) in [5.41, 5.74) is 18.2. The summed E-state index contributed by atoms with van der Waals surface area (Å²) < 4.78 is 0. The SMILES string of the molecule is CN(C)C(=O)C(CCCN=C(N)N)NC(=O)[C@@H](NC(=O)C(Cc1ccc(C(=N)N)cc1)C1CCCCC1)C1CCCCC1. The molecule has 238 valence electrons. The molecule has 0 heterocycles. The summed E-state index contributed by atoms with van der Waals surface area (Å²) in [5, 5.41) is 13.9. The van der Waals surface area contributed by atoms with Crippen LogP contribution in [0.4, 0.5) is 0 Å². The zero-order chi connectivity index (χ0) is 31.4. The zero-order valence-corrected chi connectivity index (χ0v) is 25.9. The first-order valence-electron chi connectivity index (χ1n) is 15.9. The number of hydrogen-bond acceptors (Lipinski definition) is 5. The molecule has 2 unspecified atom stereocenters. The van der Waals surface area contributed by atoms with Crippen molar-refractivity contribution in [3.05, 3.63) is 35.4 Å². The number of aliphatic imine (C=N–C) groups is 1. The number of nitrogens with zero attached hydrogens (tertiary/aromatic N) is 2. The predicted octanol–water partition coefficient (Wildman–Crippen LogP) is 2.40. The van der Waals surface area contributed by atoms with Crippen molar-refractivity contribution in [2.75, 3.05) is 20.6 Å². The molecule has 0 aromatic heterocycles. The summed E-state index contributed by atoms with van der Waals surface area (Å²) in [5.74, 6) is -0.654. The first kappa shape index (κ1) is 33.9.